The fourth-order valence-electron chi connectivity index (χ4n) is 1.95. The van der Waals surface area contributed by atoms with Crippen molar-refractivity contribution in [3.05, 3.63) is 30.1 Å². The second-order valence-electron chi connectivity index (χ2n) is 4.87. The molecule has 19 heavy (non-hydrogen) atoms. The first kappa shape index (κ1) is 13.8. The third kappa shape index (κ3) is 3.92. The molecule has 0 radical (unpaired) electrons. The minimum atomic E-state index is -0.354. The first-order chi connectivity index (χ1) is 9.10. The number of esters is 1. The van der Waals surface area contributed by atoms with E-state index in [-0.39, 0.29) is 17.8 Å². The Balaban J connectivity index is 1.98. The first-order valence-electron chi connectivity index (χ1n) is 6.40. The minimum Gasteiger partial charge on any atom is -0.468 e. The van der Waals surface area contributed by atoms with Crippen molar-refractivity contribution in [1.82, 2.24) is 5.32 Å². The average Bonchev–Trinajstić information content (AvgIpc) is 3.21. The summed E-state index contributed by atoms with van der Waals surface area (Å²) in [6.45, 7) is 0.495. The first-order valence-corrected chi connectivity index (χ1v) is 6.40. The molecule has 1 aromatic rings. The number of carbonyl (C=O) groups is 1. The van der Waals surface area contributed by atoms with E-state index in [9.17, 15) is 9.18 Å². The molecule has 1 N–H and O–H groups in total. The summed E-state index contributed by atoms with van der Waals surface area (Å²) in [6.07, 6.45) is 2.21. The van der Waals surface area contributed by atoms with E-state index >= 15 is 0 Å². The van der Waals surface area contributed by atoms with Crippen LogP contribution in [0.4, 0.5) is 10.1 Å². The number of anilines is 1. The quantitative estimate of drug-likeness (QED) is 0.793. The maximum Gasteiger partial charge on any atom is 0.324 e. The predicted octanol–water partition coefficient (Wildman–Crippen LogP) is 1.56. The van der Waals surface area contributed by atoms with Gasteiger partial charge in [0.1, 0.15) is 11.9 Å². The van der Waals surface area contributed by atoms with Crippen LogP contribution in [0.15, 0.2) is 24.3 Å². The molecule has 5 heteroatoms. The fraction of sp³-hybridized carbons (Fsp3) is 0.500. The zero-order valence-corrected chi connectivity index (χ0v) is 11.2. The Labute approximate surface area is 112 Å². The monoisotopic (exact) mass is 266 g/mol. The smallest absolute Gasteiger partial charge is 0.324 e. The van der Waals surface area contributed by atoms with Crippen LogP contribution in [-0.2, 0) is 9.53 Å². The van der Waals surface area contributed by atoms with Crippen LogP contribution in [-0.4, -0.2) is 38.8 Å². The largest absolute Gasteiger partial charge is 0.468 e. The highest BCUT2D eigenvalue weighted by molar-refractivity contribution is 5.76. The van der Waals surface area contributed by atoms with E-state index in [4.69, 9.17) is 4.74 Å². The average molecular weight is 266 g/mol. The highest BCUT2D eigenvalue weighted by Gasteiger charge is 2.29. The molecule has 0 spiro atoms. The van der Waals surface area contributed by atoms with Gasteiger partial charge < -0.3 is 15.0 Å². The number of nitrogens with one attached hydrogen (secondary N) is 1. The van der Waals surface area contributed by atoms with Crippen LogP contribution in [0.3, 0.4) is 0 Å². The van der Waals surface area contributed by atoms with E-state index < -0.39 is 0 Å². The summed E-state index contributed by atoms with van der Waals surface area (Å²) in [7, 11) is 3.26. The molecule has 0 bridgehead atoms. The van der Waals surface area contributed by atoms with Crippen LogP contribution in [0.2, 0.25) is 0 Å². The van der Waals surface area contributed by atoms with Gasteiger partial charge in [-0.05, 0) is 37.1 Å². The van der Waals surface area contributed by atoms with Gasteiger partial charge in [-0.25, -0.2) is 4.39 Å². The summed E-state index contributed by atoms with van der Waals surface area (Å²) < 4.78 is 17.7. The van der Waals surface area contributed by atoms with Gasteiger partial charge in [-0.15, -0.1) is 0 Å². The Bertz CT molecular complexity index is 432. The van der Waals surface area contributed by atoms with Gasteiger partial charge in [-0.2, -0.15) is 0 Å². The lowest BCUT2D eigenvalue weighted by molar-refractivity contribution is -0.142. The maximum atomic E-state index is 12.9. The Morgan fingerprint density at radius 2 is 2.11 bits per heavy atom. The van der Waals surface area contributed by atoms with E-state index in [1.807, 2.05) is 11.9 Å². The predicted molar refractivity (Wildman–Crippen MR) is 71.6 cm³/mol. The Hall–Kier alpha value is -1.62. The number of rotatable bonds is 6. The SMILES string of the molecule is COC(=O)C(CN(C)c1ccc(F)cc1)NC1CC1. The number of methoxy groups -OCH3 is 1. The molecule has 1 aliphatic rings. The van der Waals surface area contributed by atoms with Gasteiger partial charge in [0, 0.05) is 25.3 Å². The van der Waals surface area contributed by atoms with Crippen LogP contribution >= 0.6 is 0 Å². The lowest BCUT2D eigenvalue weighted by Crippen LogP contribution is -2.46. The molecule has 0 aliphatic heterocycles. The Morgan fingerprint density at radius 3 is 2.63 bits per heavy atom. The summed E-state index contributed by atoms with van der Waals surface area (Å²) in [5, 5.41) is 3.26. The van der Waals surface area contributed by atoms with Crippen molar-refractivity contribution in [3.8, 4) is 0 Å². The summed E-state index contributed by atoms with van der Waals surface area (Å²) in [4.78, 5) is 13.6. The van der Waals surface area contributed by atoms with E-state index in [0.717, 1.165) is 18.5 Å². The van der Waals surface area contributed by atoms with Gasteiger partial charge >= 0.3 is 5.97 Å². The molecule has 2 rings (SSSR count). The summed E-state index contributed by atoms with van der Waals surface area (Å²) in [6, 6.07) is 6.28. The molecule has 0 saturated heterocycles. The van der Waals surface area contributed by atoms with Crippen molar-refractivity contribution in [2.45, 2.75) is 24.9 Å². The highest BCUT2D eigenvalue weighted by Crippen LogP contribution is 2.20. The van der Waals surface area contributed by atoms with Gasteiger partial charge in [0.05, 0.1) is 7.11 Å². The lowest BCUT2D eigenvalue weighted by Gasteiger charge is -2.25. The van der Waals surface area contributed by atoms with Gasteiger partial charge in [0.2, 0.25) is 0 Å². The van der Waals surface area contributed by atoms with E-state index in [1.165, 1.54) is 19.2 Å². The van der Waals surface area contributed by atoms with Gasteiger partial charge in [-0.1, -0.05) is 0 Å². The van der Waals surface area contributed by atoms with Crippen LogP contribution in [0, 0.1) is 5.82 Å². The molecule has 0 amide bonds. The van der Waals surface area contributed by atoms with E-state index in [0.29, 0.717) is 12.6 Å². The molecule has 1 aliphatic carbocycles. The van der Waals surface area contributed by atoms with Crippen LogP contribution in [0.25, 0.3) is 0 Å². The normalized spacial score (nSPS) is 15.9. The maximum absolute atomic E-state index is 12.9. The molecule has 1 atom stereocenters. The van der Waals surface area contributed by atoms with Crippen molar-refractivity contribution < 1.29 is 13.9 Å². The third-order valence-corrected chi connectivity index (χ3v) is 3.22. The number of halogens is 1. The molecule has 1 unspecified atom stereocenters. The van der Waals surface area contributed by atoms with Crippen molar-refractivity contribution in [1.29, 1.82) is 0 Å². The zero-order chi connectivity index (χ0) is 13.8. The zero-order valence-electron chi connectivity index (χ0n) is 11.2. The molecule has 0 heterocycles. The second kappa shape index (κ2) is 6.02. The summed E-state index contributed by atoms with van der Waals surface area (Å²) in [5.74, 6) is -0.529. The van der Waals surface area contributed by atoms with Crippen LogP contribution < -0.4 is 10.2 Å². The molecule has 4 nitrogen and oxygen atoms in total. The third-order valence-electron chi connectivity index (χ3n) is 3.22. The number of hydrogen-bond donors (Lipinski definition) is 1. The number of nitrogens with zero attached hydrogens (tertiary/aromatic N) is 1. The number of benzene rings is 1. The Morgan fingerprint density at radius 1 is 1.47 bits per heavy atom. The van der Waals surface area contributed by atoms with Gasteiger partial charge in [-0.3, -0.25) is 4.79 Å². The van der Waals surface area contributed by atoms with Crippen molar-refractivity contribution in [2.24, 2.45) is 0 Å². The minimum absolute atomic E-state index is 0.263. The summed E-state index contributed by atoms with van der Waals surface area (Å²) >= 11 is 0. The fourth-order valence-corrected chi connectivity index (χ4v) is 1.95. The van der Waals surface area contributed by atoms with Crippen LogP contribution in [0.5, 0.6) is 0 Å². The summed E-state index contributed by atoms with van der Waals surface area (Å²) in [5.41, 5.74) is 0.868. The second-order valence-corrected chi connectivity index (χ2v) is 4.87. The number of likely N-dealkylation sites (N-methyl/N-ethyl adjacent to an activating group) is 1. The van der Waals surface area contributed by atoms with E-state index in [1.54, 1.807) is 12.1 Å². The van der Waals surface area contributed by atoms with Gasteiger partial charge in [0.15, 0.2) is 0 Å². The van der Waals surface area contributed by atoms with Crippen molar-refractivity contribution in [3.63, 3.8) is 0 Å². The molecule has 0 aromatic heterocycles. The van der Waals surface area contributed by atoms with Crippen LogP contribution in [0.1, 0.15) is 12.8 Å². The molecule has 1 fully saturated rings. The molecule has 1 aromatic carbocycles. The van der Waals surface area contributed by atoms with Crippen molar-refractivity contribution >= 4 is 11.7 Å². The standard InChI is InChI=1S/C14H19FN2O2/c1-17(12-7-3-10(15)4-8-12)9-13(14(18)19-2)16-11-5-6-11/h3-4,7-8,11,13,16H,5-6,9H2,1-2H3. The molecular formula is C14H19FN2O2. The lowest BCUT2D eigenvalue weighted by atomic mass is 10.2. The number of ether oxygens (including phenoxy) is 1. The Kier molecular flexibility index (Phi) is 4.37. The number of carbonyl (C=O) groups excluding carboxylic acids is 1. The molecule has 104 valence electrons. The van der Waals surface area contributed by atoms with Crippen molar-refractivity contribution in [2.75, 3.05) is 25.6 Å². The number of hydrogen-bond acceptors (Lipinski definition) is 4. The van der Waals surface area contributed by atoms with Gasteiger partial charge in [0.25, 0.3) is 0 Å². The topological polar surface area (TPSA) is 41.6 Å². The molecular weight excluding hydrogens is 247 g/mol. The molecule has 1 saturated carbocycles. The highest BCUT2D eigenvalue weighted by atomic mass is 19.1. The van der Waals surface area contributed by atoms with E-state index in [2.05, 4.69) is 5.32 Å².